The molecule has 1 amide bonds. The molecule has 1 fully saturated rings. The highest BCUT2D eigenvalue weighted by molar-refractivity contribution is 5.87. The number of nitrogens with one attached hydrogen (secondary N) is 1. The van der Waals surface area contributed by atoms with E-state index < -0.39 is 23.7 Å². The molecule has 2 atom stereocenters. The lowest BCUT2D eigenvalue weighted by atomic mass is 9.98. The Balaban J connectivity index is 1.72. The lowest BCUT2D eigenvalue weighted by Gasteiger charge is -2.33. The second-order valence-corrected chi connectivity index (χ2v) is 11.3. The van der Waals surface area contributed by atoms with E-state index in [-0.39, 0.29) is 24.5 Å². The molecule has 1 N–H and O–H groups in total. The van der Waals surface area contributed by atoms with Crippen molar-refractivity contribution >= 4 is 17.8 Å². The van der Waals surface area contributed by atoms with E-state index in [2.05, 4.69) is 17.4 Å². The summed E-state index contributed by atoms with van der Waals surface area (Å²) in [4.78, 5) is 40.9. The Hall–Kier alpha value is -2.41. The molecule has 1 saturated carbocycles. The molecule has 0 radical (unpaired) electrons. The summed E-state index contributed by atoms with van der Waals surface area (Å²) in [6, 6.07) is 6.83. The molecule has 0 aliphatic heterocycles. The van der Waals surface area contributed by atoms with E-state index in [9.17, 15) is 14.4 Å². The van der Waals surface area contributed by atoms with E-state index >= 15 is 0 Å². The highest BCUT2D eigenvalue weighted by Crippen LogP contribution is 2.29. The third-order valence-corrected chi connectivity index (χ3v) is 7.20. The van der Waals surface area contributed by atoms with Gasteiger partial charge in [-0.3, -0.25) is 19.7 Å². The van der Waals surface area contributed by atoms with Crippen molar-refractivity contribution in [1.82, 2.24) is 10.2 Å². The molecule has 3 rings (SSSR count). The quantitative estimate of drug-likeness (QED) is 0.459. The van der Waals surface area contributed by atoms with Crippen LogP contribution in [0.15, 0.2) is 24.3 Å². The highest BCUT2D eigenvalue weighted by Gasteiger charge is 2.36. The summed E-state index contributed by atoms with van der Waals surface area (Å²) in [5, 5.41) is 3.25. The van der Waals surface area contributed by atoms with Gasteiger partial charge in [-0.05, 0) is 77.3 Å². The summed E-state index contributed by atoms with van der Waals surface area (Å²) in [5.41, 5.74) is 1.76. The van der Waals surface area contributed by atoms with E-state index in [4.69, 9.17) is 9.47 Å². The van der Waals surface area contributed by atoms with Gasteiger partial charge in [0.1, 0.15) is 18.2 Å². The fourth-order valence-corrected chi connectivity index (χ4v) is 5.49. The van der Waals surface area contributed by atoms with E-state index in [0.717, 1.165) is 6.42 Å². The van der Waals surface area contributed by atoms with Crippen LogP contribution >= 0.6 is 0 Å². The summed E-state index contributed by atoms with van der Waals surface area (Å²) in [6.45, 7) is 9.21. The Morgan fingerprint density at radius 2 is 1.69 bits per heavy atom. The van der Waals surface area contributed by atoms with Gasteiger partial charge in [-0.2, -0.15) is 0 Å². The van der Waals surface area contributed by atoms with Crippen molar-refractivity contribution < 1.29 is 23.9 Å². The van der Waals surface area contributed by atoms with Crippen LogP contribution in [0.3, 0.4) is 0 Å². The summed E-state index contributed by atoms with van der Waals surface area (Å²) in [6.07, 6.45) is 7.88. The van der Waals surface area contributed by atoms with Gasteiger partial charge in [-0.1, -0.05) is 49.9 Å². The lowest BCUT2D eigenvalue weighted by molar-refractivity contribution is -0.160. The van der Waals surface area contributed by atoms with E-state index in [0.29, 0.717) is 31.8 Å². The fraction of sp³-hybridized carbons (Fsp3) is 0.690. The molecule has 1 aromatic rings. The van der Waals surface area contributed by atoms with Crippen LogP contribution in [0.2, 0.25) is 0 Å². The molecule has 2 aliphatic carbocycles. The van der Waals surface area contributed by atoms with Gasteiger partial charge < -0.3 is 14.4 Å². The molecule has 7 nitrogen and oxygen atoms in total. The molecule has 0 bridgehead atoms. The number of hydrogen-bond acceptors (Lipinski definition) is 6. The predicted octanol–water partition coefficient (Wildman–Crippen LogP) is 4.20. The fourth-order valence-electron chi connectivity index (χ4n) is 5.49. The molecule has 1 aromatic carbocycles. The minimum Gasteiger partial charge on any atom is -0.465 e. The Morgan fingerprint density at radius 3 is 2.25 bits per heavy atom. The Morgan fingerprint density at radius 1 is 1.08 bits per heavy atom. The maximum Gasteiger partial charge on any atom is 0.326 e. The van der Waals surface area contributed by atoms with E-state index in [1.165, 1.54) is 36.8 Å². The molecular formula is C29H44N2O5. The summed E-state index contributed by atoms with van der Waals surface area (Å²) >= 11 is 0. The van der Waals surface area contributed by atoms with Gasteiger partial charge >= 0.3 is 11.9 Å². The van der Waals surface area contributed by atoms with Crippen LogP contribution in [0.4, 0.5) is 0 Å². The molecule has 0 heterocycles. The number of carbonyl (C=O) groups excluding carboxylic acids is 3. The molecule has 0 spiro atoms. The van der Waals surface area contributed by atoms with Gasteiger partial charge in [0.15, 0.2) is 0 Å². The number of nitrogens with zero attached hydrogens (tertiary/aromatic N) is 1. The van der Waals surface area contributed by atoms with Crippen molar-refractivity contribution in [2.24, 2.45) is 5.92 Å². The average Bonchev–Trinajstić information content (AvgIpc) is 3.48. The van der Waals surface area contributed by atoms with Crippen molar-refractivity contribution in [3.63, 3.8) is 0 Å². The number of carbonyl (C=O) groups is 3. The normalized spacial score (nSPS) is 17.9. The topological polar surface area (TPSA) is 84.9 Å². The van der Waals surface area contributed by atoms with E-state index in [1.54, 1.807) is 18.7 Å². The molecule has 200 valence electrons. The highest BCUT2D eigenvalue weighted by atomic mass is 16.6. The average molecular weight is 501 g/mol. The monoisotopic (exact) mass is 500 g/mol. The number of hydrogen-bond donors (Lipinski definition) is 1. The smallest absolute Gasteiger partial charge is 0.326 e. The van der Waals surface area contributed by atoms with Crippen LogP contribution in [0.25, 0.3) is 0 Å². The van der Waals surface area contributed by atoms with Gasteiger partial charge in [-0.25, -0.2) is 0 Å². The van der Waals surface area contributed by atoms with Gasteiger partial charge in [0.25, 0.3) is 0 Å². The third-order valence-electron chi connectivity index (χ3n) is 7.20. The molecule has 0 aromatic heterocycles. The van der Waals surface area contributed by atoms with E-state index in [1.807, 2.05) is 32.9 Å². The van der Waals surface area contributed by atoms with Gasteiger partial charge in [-0.15, -0.1) is 0 Å². The van der Waals surface area contributed by atoms with Crippen LogP contribution in [0, 0.1) is 5.92 Å². The third kappa shape index (κ3) is 8.05. The van der Waals surface area contributed by atoms with Crippen molar-refractivity contribution in [3.05, 3.63) is 35.4 Å². The number of amides is 1. The Kier molecular flexibility index (Phi) is 9.94. The predicted molar refractivity (Wildman–Crippen MR) is 139 cm³/mol. The van der Waals surface area contributed by atoms with Crippen LogP contribution in [0.5, 0.6) is 0 Å². The number of rotatable bonds is 11. The molecule has 36 heavy (non-hydrogen) atoms. The lowest BCUT2D eigenvalue weighted by Crippen LogP contribution is -2.55. The number of ether oxygens (including phenoxy) is 2. The van der Waals surface area contributed by atoms with Crippen molar-refractivity contribution in [2.75, 3.05) is 13.2 Å². The SMILES string of the molecule is CCOC(=O)[C@H](CCC1CCCC1)N[C@@H](C)C(=O)N(CC(=O)OC(C)(C)C)C1Cc2ccccc2C1. The standard InChI is InChI=1S/C29H44N2O5/c1-6-35-28(34)25(16-15-21-11-7-8-12-21)30-20(2)27(33)31(19-26(32)36-29(3,4)5)24-17-22-13-9-10-14-23(22)18-24/h9-10,13-14,20-21,24-25,30H,6-8,11-12,15-19H2,1-5H3/t20-,25-/m0/s1. The first kappa shape index (κ1) is 28.2. The zero-order chi connectivity index (χ0) is 26.3. The zero-order valence-electron chi connectivity index (χ0n) is 22.7. The summed E-state index contributed by atoms with van der Waals surface area (Å²) < 4.78 is 10.9. The number of benzene rings is 1. The molecule has 2 aliphatic rings. The Bertz CT molecular complexity index is 878. The first-order chi connectivity index (χ1) is 17.1. The molecule has 7 heteroatoms. The van der Waals surface area contributed by atoms with Crippen LogP contribution in [0.1, 0.15) is 84.3 Å². The van der Waals surface area contributed by atoms with Gasteiger partial charge in [0.2, 0.25) is 5.91 Å². The number of fused-ring (bicyclic) bond motifs is 1. The van der Waals surface area contributed by atoms with Gasteiger partial charge in [0, 0.05) is 6.04 Å². The molecule has 0 saturated heterocycles. The van der Waals surface area contributed by atoms with Crippen LogP contribution in [-0.2, 0) is 36.7 Å². The molecule has 0 unspecified atom stereocenters. The minimum atomic E-state index is -0.644. The largest absolute Gasteiger partial charge is 0.465 e. The van der Waals surface area contributed by atoms with Crippen molar-refractivity contribution in [3.8, 4) is 0 Å². The van der Waals surface area contributed by atoms with Crippen molar-refractivity contribution in [2.45, 2.75) is 110 Å². The van der Waals surface area contributed by atoms with Gasteiger partial charge in [0.05, 0.1) is 12.6 Å². The van der Waals surface area contributed by atoms with Crippen LogP contribution < -0.4 is 5.32 Å². The van der Waals surface area contributed by atoms with Crippen molar-refractivity contribution in [1.29, 1.82) is 0 Å². The zero-order valence-corrected chi connectivity index (χ0v) is 22.7. The summed E-state index contributed by atoms with van der Waals surface area (Å²) in [7, 11) is 0. The van der Waals surface area contributed by atoms with Crippen LogP contribution in [-0.4, -0.2) is 59.6 Å². The first-order valence-corrected chi connectivity index (χ1v) is 13.6. The molecular weight excluding hydrogens is 456 g/mol. The maximum atomic E-state index is 13.8. The minimum absolute atomic E-state index is 0.118. The second-order valence-electron chi connectivity index (χ2n) is 11.3. The maximum absolute atomic E-state index is 13.8. The first-order valence-electron chi connectivity index (χ1n) is 13.6. The number of esters is 2. The summed E-state index contributed by atoms with van der Waals surface area (Å²) in [5.74, 6) is -0.312. The second kappa shape index (κ2) is 12.7. The Labute approximate surface area is 216 Å².